The van der Waals surface area contributed by atoms with Gasteiger partial charge in [0.15, 0.2) is 0 Å². The Morgan fingerprint density at radius 2 is 1.85 bits per heavy atom. The van der Waals surface area contributed by atoms with E-state index in [-0.39, 0.29) is 12.2 Å². The van der Waals surface area contributed by atoms with E-state index in [9.17, 15) is 19.4 Å². The first-order valence-electron chi connectivity index (χ1n) is 8.29. The van der Waals surface area contributed by atoms with Crippen LogP contribution in [0.1, 0.15) is 32.3 Å². The van der Waals surface area contributed by atoms with Crippen molar-refractivity contribution in [2.75, 3.05) is 0 Å². The maximum absolute atomic E-state index is 13.2. The van der Waals surface area contributed by atoms with Crippen molar-refractivity contribution < 1.29 is 24.5 Å². The van der Waals surface area contributed by atoms with Gasteiger partial charge in [0.2, 0.25) is 0 Å². The number of carboxylic acids is 1. The van der Waals surface area contributed by atoms with Gasteiger partial charge in [0.1, 0.15) is 5.82 Å². The molecule has 0 aliphatic carbocycles. The van der Waals surface area contributed by atoms with Crippen LogP contribution in [0.25, 0.3) is 5.57 Å². The summed E-state index contributed by atoms with van der Waals surface area (Å²) in [5.41, 5.74) is 3.13. The lowest BCUT2D eigenvalue weighted by atomic mass is 9.93. The van der Waals surface area contributed by atoms with Gasteiger partial charge in [-0.15, -0.1) is 0 Å². The summed E-state index contributed by atoms with van der Waals surface area (Å²) < 4.78 is 13.2. The molecule has 0 heterocycles. The van der Waals surface area contributed by atoms with E-state index >= 15 is 0 Å². The molecule has 0 aliphatic rings. The number of halogens is 1. The summed E-state index contributed by atoms with van der Waals surface area (Å²) >= 11 is 0. The van der Waals surface area contributed by atoms with E-state index in [0.717, 1.165) is 16.7 Å². The van der Waals surface area contributed by atoms with Crippen molar-refractivity contribution >= 4 is 11.5 Å². The van der Waals surface area contributed by atoms with Gasteiger partial charge in [-0.1, -0.05) is 43.0 Å². The van der Waals surface area contributed by atoms with Crippen molar-refractivity contribution in [3.8, 4) is 0 Å². The van der Waals surface area contributed by atoms with Crippen LogP contribution in [0.5, 0.6) is 0 Å². The molecule has 0 fully saturated rings. The highest BCUT2D eigenvalue weighted by Gasteiger charge is 2.14. The Bertz CT molecular complexity index is 714. The number of hydrogen-bond acceptors (Lipinski definition) is 3. The van der Waals surface area contributed by atoms with Crippen LogP contribution >= 0.6 is 0 Å². The van der Waals surface area contributed by atoms with E-state index in [2.05, 4.69) is 6.58 Å². The molecule has 0 bridgehead atoms. The van der Waals surface area contributed by atoms with Crippen LogP contribution in [-0.2, 0) is 4.79 Å². The molecule has 0 radical (unpaired) electrons. The first kappa shape index (κ1) is 21.5. The number of aliphatic carboxylic acids is 1. The number of carbonyl (C=O) groups is 1. The summed E-state index contributed by atoms with van der Waals surface area (Å²) in [6, 6.07) is 6.05. The molecule has 1 rings (SSSR count). The Morgan fingerprint density at radius 1 is 1.23 bits per heavy atom. The fourth-order valence-corrected chi connectivity index (χ4v) is 2.57. The van der Waals surface area contributed by atoms with Gasteiger partial charge < -0.3 is 15.3 Å². The van der Waals surface area contributed by atoms with Gasteiger partial charge >= 0.3 is 5.97 Å². The van der Waals surface area contributed by atoms with Crippen LogP contribution in [0.15, 0.2) is 66.3 Å². The summed E-state index contributed by atoms with van der Waals surface area (Å²) in [5, 5.41) is 28.2. The number of carboxylic acid groups (broad SMARTS) is 1. The molecule has 0 aliphatic heterocycles. The molecular formula is C21H25FO4. The van der Waals surface area contributed by atoms with Crippen LogP contribution in [0.3, 0.4) is 0 Å². The van der Waals surface area contributed by atoms with E-state index in [1.54, 1.807) is 18.2 Å². The quantitative estimate of drug-likeness (QED) is 0.584. The highest BCUT2D eigenvalue weighted by molar-refractivity contribution is 5.84. The number of aliphatic hydroxyl groups excluding tert-OH is 2. The fourth-order valence-electron chi connectivity index (χ4n) is 2.57. The van der Waals surface area contributed by atoms with Crippen molar-refractivity contribution in [2.45, 2.75) is 38.9 Å². The lowest BCUT2D eigenvalue weighted by Gasteiger charge is -2.13. The van der Waals surface area contributed by atoms with Gasteiger partial charge in [-0.25, -0.2) is 4.39 Å². The normalized spacial score (nSPS) is 15.1. The van der Waals surface area contributed by atoms with Gasteiger partial charge in [0.25, 0.3) is 0 Å². The second-order valence-electron chi connectivity index (χ2n) is 6.00. The molecule has 3 N–H and O–H groups in total. The average Bonchev–Trinajstić information content (AvgIpc) is 2.54. The number of allylic oxidation sites excluding steroid dienone is 6. The minimum absolute atomic E-state index is 0.0838. The molecule has 0 aromatic heterocycles. The zero-order chi connectivity index (χ0) is 19.7. The molecule has 140 valence electrons. The number of benzene rings is 1. The molecule has 0 spiro atoms. The van der Waals surface area contributed by atoms with Crippen LogP contribution in [-0.4, -0.2) is 33.5 Å². The van der Waals surface area contributed by atoms with Crippen LogP contribution in [0, 0.1) is 5.82 Å². The molecule has 0 saturated carbocycles. The smallest absolute Gasteiger partial charge is 0.305 e. The van der Waals surface area contributed by atoms with Gasteiger partial charge in [0.05, 0.1) is 18.6 Å². The molecule has 1 aromatic rings. The maximum atomic E-state index is 13.2. The molecule has 26 heavy (non-hydrogen) atoms. The standard InChI is InChI=1S/C21H25FO4/c1-4-5-14(2)21(16-7-9-17(22)10-8-16)15(3)6-11-18(23)12-19(24)13-20(25)26/h4-11,18-19,23-24H,3,12-13H2,1-2H3,(H,25,26). The van der Waals surface area contributed by atoms with Gasteiger partial charge in [-0.3, -0.25) is 4.79 Å². The predicted octanol–water partition coefficient (Wildman–Crippen LogP) is 3.87. The first-order valence-corrected chi connectivity index (χ1v) is 8.29. The van der Waals surface area contributed by atoms with Crippen molar-refractivity contribution in [2.24, 2.45) is 0 Å². The predicted molar refractivity (Wildman–Crippen MR) is 101 cm³/mol. The zero-order valence-corrected chi connectivity index (χ0v) is 15.0. The first-order chi connectivity index (χ1) is 12.2. The van der Waals surface area contributed by atoms with Crippen molar-refractivity contribution in [3.05, 3.63) is 77.7 Å². The summed E-state index contributed by atoms with van der Waals surface area (Å²) in [6.45, 7) is 7.81. The Morgan fingerprint density at radius 3 is 2.38 bits per heavy atom. The molecule has 4 nitrogen and oxygen atoms in total. The SMILES string of the molecule is C=C(C=CC(O)CC(O)CC(=O)O)C(=C(C)C=CC)c1ccc(F)cc1. The van der Waals surface area contributed by atoms with E-state index in [1.807, 2.05) is 26.0 Å². The topological polar surface area (TPSA) is 77.8 Å². The highest BCUT2D eigenvalue weighted by atomic mass is 19.1. The minimum atomic E-state index is -1.13. The lowest BCUT2D eigenvalue weighted by Crippen LogP contribution is -2.19. The molecule has 0 saturated heterocycles. The van der Waals surface area contributed by atoms with E-state index in [0.29, 0.717) is 5.57 Å². The Hall–Kier alpha value is -2.50. The number of rotatable bonds is 9. The Balaban J connectivity index is 2.98. The van der Waals surface area contributed by atoms with Gasteiger partial charge in [0, 0.05) is 6.42 Å². The third kappa shape index (κ3) is 7.17. The van der Waals surface area contributed by atoms with E-state index in [4.69, 9.17) is 5.11 Å². The molecule has 0 amide bonds. The summed E-state index contributed by atoms with van der Waals surface area (Å²) in [7, 11) is 0. The number of hydrogen-bond donors (Lipinski definition) is 3. The summed E-state index contributed by atoms with van der Waals surface area (Å²) in [4.78, 5) is 10.6. The Kier molecular flexibility index (Phi) is 8.68. The molecule has 2 atom stereocenters. The Labute approximate surface area is 153 Å². The minimum Gasteiger partial charge on any atom is -0.481 e. The van der Waals surface area contributed by atoms with Crippen molar-refractivity contribution in [1.82, 2.24) is 0 Å². The van der Waals surface area contributed by atoms with Crippen molar-refractivity contribution in [1.29, 1.82) is 0 Å². The van der Waals surface area contributed by atoms with Gasteiger partial charge in [-0.05, 0) is 48.3 Å². The van der Waals surface area contributed by atoms with Crippen LogP contribution < -0.4 is 0 Å². The van der Waals surface area contributed by atoms with Crippen molar-refractivity contribution in [3.63, 3.8) is 0 Å². The maximum Gasteiger partial charge on any atom is 0.305 e. The fraction of sp³-hybridized carbons (Fsp3) is 0.286. The molecular weight excluding hydrogens is 335 g/mol. The van der Waals surface area contributed by atoms with Crippen LogP contribution in [0.4, 0.5) is 4.39 Å². The second kappa shape index (κ2) is 10.5. The third-order valence-electron chi connectivity index (χ3n) is 3.71. The zero-order valence-electron chi connectivity index (χ0n) is 15.0. The molecule has 2 unspecified atom stereocenters. The third-order valence-corrected chi connectivity index (χ3v) is 3.71. The monoisotopic (exact) mass is 360 g/mol. The van der Waals surface area contributed by atoms with Crippen LogP contribution in [0.2, 0.25) is 0 Å². The lowest BCUT2D eigenvalue weighted by molar-refractivity contribution is -0.139. The van der Waals surface area contributed by atoms with E-state index in [1.165, 1.54) is 18.2 Å². The van der Waals surface area contributed by atoms with E-state index < -0.39 is 24.6 Å². The highest BCUT2D eigenvalue weighted by Crippen LogP contribution is 2.28. The summed E-state index contributed by atoms with van der Waals surface area (Å²) in [6.07, 6.45) is 4.23. The summed E-state index contributed by atoms with van der Waals surface area (Å²) in [5.74, 6) is -1.46. The average molecular weight is 360 g/mol. The molecule has 5 heteroatoms. The number of aliphatic hydroxyl groups is 2. The largest absolute Gasteiger partial charge is 0.481 e. The second-order valence-corrected chi connectivity index (χ2v) is 6.00. The molecule has 1 aromatic carbocycles. The van der Waals surface area contributed by atoms with Gasteiger partial charge in [-0.2, -0.15) is 0 Å².